The normalized spacial score (nSPS) is 14.4. The van der Waals surface area contributed by atoms with E-state index in [1.54, 1.807) is 0 Å². The number of para-hydroxylation sites is 1. The summed E-state index contributed by atoms with van der Waals surface area (Å²) in [7, 11) is 0. The Labute approximate surface area is 331 Å². The number of benzene rings is 8. The van der Waals surface area contributed by atoms with E-state index in [2.05, 4.69) is 206 Å². The molecule has 0 spiro atoms. The van der Waals surface area contributed by atoms with Crippen LogP contribution in [-0.4, -0.2) is 14.5 Å². The van der Waals surface area contributed by atoms with E-state index in [1.807, 2.05) is 0 Å². The van der Waals surface area contributed by atoms with E-state index in [9.17, 15) is 0 Å². The smallest absolute Gasteiger partial charge is 0.164 e. The van der Waals surface area contributed by atoms with Crippen LogP contribution >= 0.6 is 0 Å². The van der Waals surface area contributed by atoms with Gasteiger partial charge in [-0.05, 0) is 74.0 Å². The molecule has 0 fully saturated rings. The Bertz CT molecular complexity index is 3220. The highest BCUT2D eigenvalue weighted by Gasteiger charge is 2.46. The van der Waals surface area contributed by atoms with Gasteiger partial charge in [-0.1, -0.05) is 178 Å². The van der Waals surface area contributed by atoms with Gasteiger partial charge >= 0.3 is 0 Å². The molecule has 0 saturated heterocycles. The summed E-state index contributed by atoms with van der Waals surface area (Å²) in [5, 5.41) is 4.83. The minimum absolute atomic E-state index is 0.326. The molecule has 10 aromatic rings. The highest BCUT2D eigenvalue weighted by atomic mass is 15.1. The van der Waals surface area contributed by atoms with Crippen LogP contribution in [0.3, 0.4) is 0 Å². The molecule has 2 heterocycles. The van der Waals surface area contributed by atoms with Crippen LogP contribution in [0.2, 0.25) is 0 Å². The minimum atomic E-state index is -0.533. The zero-order chi connectivity index (χ0) is 37.9. The molecule has 0 bridgehead atoms. The maximum absolute atomic E-state index is 5.81. The Morgan fingerprint density at radius 2 is 1.02 bits per heavy atom. The lowest BCUT2D eigenvalue weighted by Crippen LogP contribution is -2.28. The Balaban J connectivity index is 1.21. The summed E-state index contributed by atoms with van der Waals surface area (Å²) in [5.41, 5.74) is 15.2. The van der Waals surface area contributed by atoms with Crippen molar-refractivity contribution in [3.63, 3.8) is 0 Å². The summed E-state index contributed by atoms with van der Waals surface area (Å²) < 4.78 is 2.38. The topological polar surface area (TPSA) is 30.7 Å². The van der Waals surface area contributed by atoms with Crippen LogP contribution < -0.4 is 0 Å². The van der Waals surface area contributed by atoms with Crippen molar-refractivity contribution in [3.8, 4) is 39.5 Å². The largest absolute Gasteiger partial charge is 0.292 e. The number of rotatable bonds is 4. The molecule has 0 N–H and O–H groups in total. The zero-order valence-electron chi connectivity index (χ0n) is 31.7. The van der Waals surface area contributed by atoms with Crippen LogP contribution in [0, 0.1) is 0 Å². The average molecular weight is 728 g/mol. The van der Waals surface area contributed by atoms with Crippen LogP contribution in [0.25, 0.3) is 72.0 Å². The predicted octanol–water partition coefficient (Wildman–Crippen LogP) is 13.1. The third-order valence-electron chi connectivity index (χ3n) is 12.8. The van der Waals surface area contributed by atoms with Gasteiger partial charge in [0, 0.05) is 27.3 Å². The van der Waals surface area contributed by atoms with E-state index in [-0.39, 0.29) is 5.41 Å². The minimum Gasteiger partial charge on any atom is -0.292 e. The molecule has 3 heteroatoms. The Hall–Kier alpha value is -7.10. The summed E-state index contributed by atoms with van der Waals surface area (Å²) >= 11 is 0. The fourth-order valence-electron chi connectivity index (χ4n) is 10.2. The van der Waals surface area contributed by atoms with Gasteiger partial charge in [-0.15, -0.1) is 0 Å². The van der Waals surface area contributed by atoms with Gasteiger partial charge in [0.2, 0.25) is 0 Å². The van der Waals surface area contributed by atoms with E-state index < -0.39 is 5.41 Å². The maximum atomic E-state index is 5.81. The first-order valence-electron chi connectivity index (χ1n) is 19.8. The van der Waals surface area contributed by atoms with Gasteiger partial charge in [-0.25, -0.2) is 9.97 Å². The lowest BCUT2D eigenvalue weighted by atomic mass is 9.67. The molecule has 3 nitrogen and oxygen atoms in total. The first-order valence-corrected chi connectivity index (χ1v) is 19.8. The number of fused-ring (bicyclic) bond motifs is 10. The summed E-state index contributed by atoms with van der Waals surface area (Å²) in [6, 6.07) is 68.8. The molecule has 2 aliphatic carbocycles. The van der Waals surface area contributed by atoms with Gasteiger partial charge < -0.3 is 0 Å². The Kier molecular flexibility index (Phi) is 6.61. The van der Waals surface area contributed by atoms with Crippen molar-refractivity contribution in [3.05, 3.63) is 222 Å². The zero-order valence-corrected chi connectivity index (χ0v) is 31.7. The number of hydrogen-bond donors (Lipinski definition) is 0. The third-order valence-corrected chi connectivity index (χ3v) is 12.8. The molecule has 0 radical (unpaired) electrons. The standard InChI is InChI=1S/C54H37N3/c1-53(2)44-26-14-12-25-42(44)50-51(53)56-52(57-47-28-16-13-24-41(47)43-31-34-17-9-10-18-35(34)33-48(43)57)49(55-50)36-29-30-40-39-23-11-15-27-45(39)54(46(40)32-36,37-19-5-3-6-20-37)38-21-7-4-8-22-38/h3-33H,1-2H3. The van der Waals surface area contributed by atoms with Gasteiger partial charge in [0.05, 0.1) is 27.8 Å². The Morgan fingerprint density at radius 3 is 1.77 bits per heavy atom. The first kappa shape index (κ1) is 32.2. The van der Waals surface area contributed by atoms with E-state index in [0.717, 1.165) is 45.1 Å². The summed E-state index contributed by atoms with van der Waals surface area (Å²) in [4.78, 5) is 11.6. The lowest BCUT2D eigenvalue weighted by molar-refractivity contribution is 0.633. The van der Waals surface area contributed by atoms with Crippen molar-refractivity contribution in [2.75, 3.05) is 0 Å². The molecule has 0 aliphatic heterocycles. The predicted molar refractivity (Wildman–Crippen MR) is 234 cm³/mol. The van der Waals surface area contributed by atoms with Crippen molar-refractivity contribution >= 4 is 32.6 Å². The number of aromatic nitrogens is 3. The van der Waals surface area contributed by atoms with Gasteiger partial charge in [0.15, 0.2) is 5.82 Å². The molecule has 268 valence electrons. The van der Waals surface area contributed by atoms with Crippen LogP contribution in [0.5, 0.6) is 0 Å². The summed E-state index contributed by atoms with van der Waals surface area (Å²) in [6.45, 7) is 4.58. The SMILES string of the molecule is CC1(C)c2ccccc2-c2nc(-c3ccc4c(c3)C(c3ccccc3)(c3ccccc3)c3ccccc3-4)c(-n3c4ccccc4c4cc5ccccc5cc43)nc21. The second-order valence-corrected chi connectivity index (χ2v) is 16.1. The first-order chi connectivity index (χ1) is 28.0. The molecule has 8 aromatic carbocycles. The lowest BCUT2D eigenvalue weighted by Gasteiger charge is -2.34. The molecule has 0 unspecified atom stereocenters. The van der Waals surface area contributed by atoms with Crippen LogP contribution in [0.15, 0.2) is 188 Å². The molecule has 12 rings (SSSR count). The van der Waals surface area contributed by atoms with Crippen molar-refractivity contribution in [1.29, 1.82) is 0 Å². The van der Waals surface area contributed by atoms with Crippen LogP contribution in [-0.2, 0) is 10.8 Å². The van der Waals surface area contributed by atoms with Gasteiger partial charge in [-0.2, -0.15) is 0 Å². The Morgan fingerprint density at radius 1 is 0.421 bits per heavy atom. The molecule has 0 amide bonds. The molecule has 2 aromatic heterocycles. The molecule has 0 atom stereocenters. The second kappa shape index (κ2) is 11.7. The maximum Gasteiger partial charge on any atom is 0.164 e. The second-order valence-electron chi connectivity index (χ2n) is 16.1. The van der Waals surface area contributed by atoms with Crippen molar-refractivity contribution < 1.29 is 0 Å². The highest BCUT2D eigenvalue weighted by molar-refractivity contribution is 6.14. The van der Waals surface area contributed by atoms with Crippen molar-refractivity contribution in [2.24, 2.45) is 0 Å². The molecule has 0 saturated carbocycles. The van der Waals surface area contributed by atoms with Crippen molar-refractivity contribution in [2.45, 2.75) is 24.7 Å². The molecular formula is C54H37N3. The van der Waals surface area contributed by atoms with Crippen LogP contribution in [0.1, 0.15) is 47.4 Å². The average Bonchev–Trinajstić information content (AvgIpc) is 3.83. The molecular weight excluding hydrogens is 691 g/mol. The fourth-order valence-corrected chi connectivity index (χ4v) is 10.2. The van der Waals surface area contributed by atoms with Gasteiger partial charge in [-0.3, -0.25) is 4.57 Å². The van der Waals surface area contributed by atoms with E-state index in [4.69, 9.17) is 9.97 Å². The summed E-state index contributed by atoms with van der Waals surface area (Å²) in [6.07, 6.45) is 0. The highest BCUT2D eigenvalue weighted by Crippen LogP contribution is 2.57. The quantitative estimate of drug-likeness (QED) is 0.181. The third kappa shape index (κ3) is 4.31. The van der Waals surface area contributed by atoms with Crippen molar-refractivity contribution in [1.82, 2.24) is 14.5 Å². The monoisotopic (exact) mass is 727 g/mol. The molecule has 2 aliphatic rings. The fraction of sp³-hybridized carbons (Fsp3) is 0.0741. The number of nitrogens with zero attached hydrogens (tertiary/aromatic N) is 3. The van der Waals surface area contributed by atoms with Gasteiger partial charge in [0.1, 0.15) is 5.69 Å². The van der Waals surface area contributed by atoms with Crippen LogP contribution in [0.4, 0.5) is 0 Å². The van der Waals surface area contributed by atoms with E-state index >= 15 is 0 Å². The summed E-state index contributed by atoms with van der Waals surface area (Å²) in [5.74, 6) is 0.844. The molecule has 57 heavy (non-hydrogen) atoms. The van der Waals surface area contributed by atoms with E-state index in [1.165, 1.54) is 60.5 Å². The number of hydrogen-bond acceptors (Lipinski definition) is 2. The van der Waals surface area contributed by atoms with E-state index in [0.29, 0.717) is 0 Å². The van der Waals surface area contributed by atoms with Gasteiger partial charge in [0.25, 0.3) is 0 Å².